The van der Waals surface area contributed by atoms with Crippen LogP contribution < -0.4 is 5.32 Å². The van der Waals surface area contributed by atoms with E-state index in [9.17, 15) is 4.39 Å². The Morgan fingerprint density at radius 3 is 2.50 bits per heavy atom. The third kappa shape index (κ3) is 3.44. The monoisotopic (exact) mass is 336 g/mol. The Morgan fingerprint density at radius 2 is 1.90 bits per heavy atom. The summed E-state index contributed by atoms with van der Waals surface area (Å²) in [6.07, 6.45) is 3.58. The number of halogens is 2. The predicted octanol–water partition coefficient (Wildman–Crippen LogP) is 4.44. The SMILES string of the molecule is CCNC(c1ccc(Br)c(F)c1)C(C)c1ccncc1. The van der Waals surface area contributed by atoms with E-state index in [1.54, 1.807) is 24.5 Å². The number of likely N-dealkylation sites (N-methyl/N-ethyl adjacent to an activating group) is 1. The Labute approximate surface area is 127 Å². The van der Waals surface area contributed by atoms with E-state index in [1.807, 2.05) is 18.2 Å². The topological polar surface area (TPSA) is 24.9 Å². The van der Waals surface area contributed by atoms with Gasteiger partial charge in [-0.05, 0) is 57.9 Å². The van der Waals surface area contributed by atoms with Gasteiger partial charge in [-0.3, -0.25) is 4.98 Å². The number of nitrogens with one attached hydrogen (secondary N) is 1. The number of aromatic nitrogens is 1. The Hall–Kier alpha value is -1.26. The molecular formula is C16H18BrFN2. The lowest BCUT2D eigenvalue weighted by atomic mass is 9.89. The molecule has 0 fully saturated rings. The molecule has 2 unspecified atom stereocenters. The zero-order valence-electron chi connectivity index (χ0n) is 11.6. The summed E-state index contributed by atoms with van der Waals surface area (Å²) >= 11 is 3.20. The van der Waals surface area contributed by atoms with Gasteiger partial charge >= 0.3 is 0 Å². The Morgan fingerprint density at radius 1 is 1.20 bits per heavy atom. The summed E-state index contributed by atoms with van der Waals surface area (Å²) in [5, 5.41) is 3.44. The first-order valence-corrected chi connectivity index (χ1v) is 7.51. The first-order chi connectivity index (χ1) is 9.63. The molecule has 0 aliphatic carbocycles. The van der Waals surface area contributed by atoms with Gasteiger partial charge in [0.1, 0.15) is 5.82 Å². The maximum atomic E-state index is 13.8. The number of pyridine rings is 1. The highest BCUT2D eigenvalue weighted by molar-refractivity contribution is 9.10. The molecule has 0 radical (unpaired) electrons. The van der Waals surface area contributed by atoms with E-state index in [4.69, 9.17) is 0 Å². The fraction of sp³-hybridized carbons (Fsp3) is 0.312. The molecule has 2 rings (SSSR count). The van der Waals surface area contributed by atoms with Crippen LogP contribution in [0.4, 0.5) is 4.39 Å². The maximum absolute atomic E-state index is 13.8. The highest BCUT2D eigenvalue weighted by Gasteiger charge is 2.20. The van der Waals surface area contributed by atoms with E-state index >= 15 is 0 Å². The summed E-state index contributed by atoms with van der Waals surface area (Å²) in [6.45, 7) is 5.03. The van der Waals surface area contributed by atoms with Crippen molar-refractivity contribution in [3.8, 4) is 0 Å². The lowest BCUT2D eigenvalue weighted by Gasteiger charge is -2.26. The molecule has 0 bridgehead atoms. The van der Waals surface area contributed by atoms with Gasteiger partial charge in [0.05, 0.1) is 4.47 Å². The van der Waals surface area contributed by atoms with Gasteiger partial charge in [-0.15, -0.1) is 0 Å². The number of hydrogen-bond acceptors (Lipinski definition) is 2. The lowest BCUT2D eigenvalue weighted by molar-refractivity contribution is 0.475. The van der Waals surface area contributed by atoms with Crippen molar-refractivity contribution in [2.45, 2.75) is 25.8 Å². The van der Waals surface area contributed by atoms with Crippen LogP contribution in [0, 0.1) is 5.82 Å². The average Bonchev–Trinajstić information content (AvgIpc) is 2.48. The number of hydrogen-bond donors (Lipinski definition) is 1. The second-order valence-electron chi connectivity index (χ2n) is 4.78. The van der Waals surface area contributed by atoms with Crippen LogP contribution >= 0.6 is 15.9 Å². The average molecular weight is 337 g/mol. The quantitative estimate of drug-likeness (QED) is 0.873. The van der Waals surface area contributed by atoms with E-state index in [0.29, 0.717) is 4.47 Å². The van der Waals surface area contributed by atoms with Gasteiger partial charge in [0.15, 0.2) is 0 Å². The molecule has 20 heavy (non-hydrogen) atoms. The molecule has 2 aromatic rings. The number of nitrogens with zero attached hydrogens (tertiary/aromatic N) is 1. The molecule has 1 aromatic carbocycles. The van der Waals surface area contributed by atoms with Gasteiger partial charge in [-0.2, -0.15) is 0 Å². The van der Waals surface area contributed by atoms with Crippen LogP contribution in [0.5, 0.6) is 0 Å². The molecule has 0 amide bonds. The molecule has 0 aliphatic heterocycles. The fourth-order valence-corrected chi connectivity index (χ4v) is 2.62. The van der Waals surface area contributed by atoms with Crippen molar-refractivity contribution in [3.05, 3.63) is 64.1 Å². The molecular weight excluding hydrogens is 319 g/mol. The molecule has 0 saturated carbocycles. The van der Waals surface area contributed by atoms with Crippen LogP contribution in [0.25, 0.3) is 0 Å². The molecule has 106 valence electrons. The minimum Gasteiger partial charge on any atom is -0.310 e. The van der Waals surface area contributed by atoms with Crippen LogP contribution in [0.2, 0.25) is 0 Å². The first kappa shape index (κ1) is 15.1. The van der Waals surface area contributed by atoms with Gasteiger partial charge in [0, 0.05) is 24.4 Å². The molecule has 2 atom stereocenters. The third-order valence-corrected chi connectivity index (χ3v) is 4.10. The zero-order chi connectivity index (χ0) is 14.5. The van der Waals surface area contributed by atoms with Gasteiger partial charge in [-0.25, -0.2) is 4.39 Å². The van der Waals surface area contributed by atoms with Crippen LogP contribution in [0.15, 0.2) is 47.2 Å². The Kier molecular flexibility index (Phi) is 5.26. The van der Waals surface area contributed by atoms with Crippen molar-refractivity contribution in [3.63, 3.8) is 0 Å². The fourth-order valence-electron chi connectivity index (χ4n) is 2.37. The maximum Gasteiger partial charge on any atom is 0.137 e. The molecule has 2 nitrogen and oxygen atoms in total. The number of benzene rings is 1. The predicted molar refractivity (Wildman–Crippen MR) is 83.2 cm³/mol. The van der Waals surface area contributed by atoms with E-state index in [0.717, 1.165) is 12.1 Å². The van der Waals surface area contributed by atoms with Crippen LogP contribution in [-0.2, 0) is 0 Å². The summed E-state index contributed by atoms with van der Waals surface area (Å²) in [4.78, 5) is 4.04. The standard InChI is InChI=1S/C16H18BrFN2/c1-3-20-16(11(2)12-6-8-19-9-7-12)13-4-5-14(17)15(18)10-13/h4-11,16,20H,3H2,1-2H3. The summed E-state index contributed by atoms with van der Waals surface area (Å²) in [5.41, 5.74) is 2.14. The van der Waals surface area contributed by atoms with Crippen molar-refractivity contribution in [1.29, 1.82) is 0 Å². The molecule has 0 saturated heterocycles. The lowest BCUT2D eigenvalue weighted by Crippen LogP contribution is -2.26. The number of rotatable bonds is 5. The Balaban J connectivity index is 2.33. The van der Waals surface area contributed by atoms with Crippen LogP contribution in [0.3, 0.4) is 0 Å². The summed E-state index contributed by atoms with van der Waals surface area (Å²) in [5.74, 6) is 0.00542. The van der Waals surface area contributed by atoms with Crippen molar-refractivity contribution < 1.29 is 4.39 Å². The molecule has 4 heteroatoms. The van der Waals surface area contributed by atoms with E-state index in [1.165, 1.54) is 5.56 Å². The Bertz CT molecular complexity index is 560. The zero-order valence-corrected chi connectivity index (χ0v) is 13.2. The third-order valence-electron chi connectivity index (χ3n) is 3.46. The molecule has 1 aromatic heterocycles. The highest BCUT2D eigenvalue weighted by Crippen LogP contribution is 2.31. The second-order valence-corrected chi connectivity index (χ2v) is 5.63. The van der Waals surface area contributed by atoms with Gasteiger partial charge in [0.2, 0.25) is 0 Å². The van der Waals surface area contributed by atoms with Gasteiger partial charge in [0.25, 0.3) is 0 Å². The minimum atomic E-state index is -0.229. The summed E-state index contributed by atoms with van der Waals surface area (Å²) < 4.78 is 14.3. The molecule has 0 spiro atoms. The molecule has 0 aliphatic rings. The molecule has 1 N–H and O–H groups in total. The van der Waals surface area contributed by atoms with Crippen molar-refractivity contribution in [2.75, 3.05) is 6.54 Å². The van der Waals surface area contributed by atoms with Crippen LogP contribution in [0.1, 0.15) is 36.9 Å². The van der Waals surface area contributed by atoms with Crippen LogP contribution in [-0.4, -0.2) is 11.5 Å². The summed E-state index contributed by atoms with van der Waals surface area (Å²) in [6, 6.07) is 9.39. The summed E-state index contributed by atoms with van der Waals surface area (Å²) in [7, 11) is 0. The van der Waals surface area contributed by atoms with E-state index in [2.05, 4.69) is 40.1 Å². The normalized spacial score (nSPS) is 14.0. The van der Waals surface area contributed by atoms with Gasteiger partial charge in [-0.1, -0.05) is 19.9 Å². The smallest absolute Gasteiger partial charge is 0.137 e. The van der Waals surface area contributed by atoms with Crippen molar-refractivity contribution in [2.24, 2.45) is 0 Å². The second kappa shape index (κ2) is 6.95. The van der Waals surface area contributed by atoms with Gasteiger partial charge < -0.3 is 5.32 Å². The van der Waals surface area contributed by atoms with E-state index in [-0.39, 0.29) is 17.8 Å². The minimum absolute atomic E-state index is 0.0741. The highest BCUT2D eigenvalue weighted by atomic mass is 79.9. The van der Waals surface area contributed by atoms with Crippen molar-refractivity contribution >= 4 is 15.9 Å². The largest absolute Gasteiger partial charge is 0.310 e. The molecule has 1 heterocycles. The first-order valence-electron chi connectivity index (χ1n) is 6.71. The van der Waals surface area contributed by atoms with E-state index < -0.39 is 0 Å². The van der Waals surface area contributed by atoms with Crippen molar-refractivity contribution in [1.82, 2.24) is 10.3 Å².